The van der Waals surface area contributed by atoms with Crippen molar-refractivity contribution in [3.63, 3.8) is 0 Å². The quantitative estimate of drug-likeness (QED) is 0.387. The summed E-state index contributed by atoms with van der Waals surface area (Å²) in [4.78, 5) is 12.6. The second-order valence-corrected chi connectivity index (χ2v) is 8.45. The Bertz CT molecular complexity index is 401. The van der Waals surface area contributed by atoms with Crippen molar-refractivity contribution in [3.8, 4) is 0 Å². The molecule has 0 amide bonds. The highest BCUT2D eigenvalue weighted by Crippen LogP contribution is 2.23. The minimum atomic E-state index is 0.804. The first-order valence-electron chi connectivity index (χ1n) is 11.1. The first kappa shape index (κ1) is 21.5. The van der Waals surface area contributed by atoms with Gasteiger partial charge in [0.2, 0.25) is 0 Å². The minimum Gasteiger partial charge on any atom is -0.357 e. The highest BCUT2D eigenvalue weighted by Gasteiger charge is 2.25. The van der Waals surface area contributed by atoms with Crippen molar-refractivity contribution < 1.29 is 0 Å². The van der Waals surface area contributed by atoms with Gasteiger partial charge < -0.3 is 20.0 Å². The lowest BCUT2D eigenvalue weighted by Gasteiger charge is -2.33. The van der Waals surface area contributed by atoms with Crippen molar-refractivity contribution in [3.05, 3.63) is 0 Å². The number of hydrogen-bond donors (Lipinski definition) is 1. The number of unbranched alkanes of at least 4 members (excludes halogenated alkanes) is 1. The lowest BCUT2D eigenvalue weighted by Crippen LogP contribution is -2.46. The van der Waals surface area contributed by atoms with Crippen LogP contribution in [0.1, 0.15) is 53.4 Å². The number of likely N-dealkylation sites (N-methyl/N-ethyl adjacent to an activating group) is 1. The first-order chi connectivity index (χ1) is 12.6. The number of guanidine groups is 1. The maximum atomic E-state index is 4.92. The SMILES string of the molecule is CCNC(=NCCCCN1CCN(CC)CC1)N1CCC(CC(C)C)C1. The molecule has 2 aliphatic rings. The molecule has 2 aliphatic heterocycles. The van der Waals surface area contributed by atoms with Gasteiger partial charge >= 0.3 is 0 Å². The van der Waals surface area contributed by atoms with E-state index >= 15 is 0 Å². The van der Waals surface area contributed by atoms with Crippen LogP contribution in [0.25, 0.3) is 0 Å². The molecule has 26 heavy (non-hydrogen) atoms. The summed E-state index contributed by atoms with van der Waals surface area (Å²) in [6, 6.07) is 0. The van der Waals surface area contributed by atoms with Crippen molar-refractivity contribution >= 4 is 5.96 Å². The van der Waals surface area contributed by atoms with Crippen LogP contribution in [0.4, 0.5) is 0 Å². The number of piperazine rings is 1. The van der Waals surface area contributed by atoms with Crippen molar-refractivity contribution in [1.29, 1.82) is 0 Å². The van der Waals surface area contributed by atoms with Gasteiger partial charge in [-0.2, -0.15) is 0 Å². The van der Waals surface area contributed by atoms with Crippen LogP contribution in [-0.2, 0) is 0 Å². The summed E-state index contributed by atoms with van der Waals surface area (Å²) in [6.45, 7) is 20.8. The Hall–Kier alpha value is -0.810. The van der Waals surface area contributed by atoms with Crippen LogP contribution in [0.15, 0.2) is 4.99 Å². The van der Waals surface area contributed by atoms with E-state index < -0.39 is 0 Å². The summed E-state index contributed by atoms with van der Waals surface area (Å²) in [5.41, 5.74) is 0. The molecule has 0 aromatic heterocycles. The Kier molecular flexibility index (Phi) is 9.76. The zero-order chi connectivity index (χ0) is 18.8. The zero-order valence-electron chi connectivity index (χ0n) is 17.8. The molecule has 1 atom stereocenters. The van der Waals surface area contributed by atoms with Gasteiger partial charge in [-0.05, 0) is 57.5 Å². The topological polar surface area (TPSA) is 34.1 Å². The van der Waals surface area contributed by atoms with E-state index in [0.29, 0.717) is 0 Å². The van der Waals surface area contributed by atoms with E-state index in [4.69, 9.17) is 4.99 Å². The number of hydrogen-bond acceptors (Lipinski definition) is 3. The van der Waals surface area contributed by atoms with Crippen molar-refractivity contribution in [2.75, 3.05) is 65.4 Å². The molecule has 2 fully saturated rings. The van der Waals surface area contributed by atoms with Gasteiger partial charge in [0.1, 0.15) is 0 Å². The Balaban J connectivity index is 1.66. The number of nitrogens with zero attached hydrogens (tertiary/aromatic N) is 4. The van der Waals surface area contributed by atoms with Gasteiger partial charge in [0.05, 0.1) is 0 Å². The Morgan fingerprint density at radius 3 is 2.42 bits per heavy atom. The normalized spacial score (nSPS) is 23.2. The van der Waals surface area contributed by atoms with Crippen LogP contribution in [-0.4, -0.2) is 86.1 Å². The van der Waals surface area contributed by atoms with E-state index in [1.807, 2.05) is 0 Å². The van der Waals surface area contributed by atoms with Crippen molar-refractivity contribution in [1.82, 2.24) is 20.0 Å². The monoisotopic (exact) mass is 365 g/mol. The highest BCUT2D eigenvalue weighted by molar-refractivity contribution is 5.80. The summed E-state index contributed by atoms with van der Waals surface area (Å²) < 4.78 is 0. The molecule has 0 bridgehead atoms. The Morgan fingerprint density at radius 2 is 1.77 bits per heavy atom. The van der Waals surface area contributed by atoms with E-state index in [1.54, 1.807) is 0 Å². The van der Waals surface area contributed by atoms with Crippen LogP contribution in [0.5, 0.6) is 0 Å². The molecule has 5 nitrogen and oxygen atoms in total. The fourth-order valence-corrected chi connectivity index (χ4v) is 4.27. The molecule has 2 rings (SSSR count). The third-order valence-electron chi connectivity index (χ3n) is 5.78. The van der Waals surface area contributed by atoms with Crippen LogP contribution in [0.3, 0.4) is 0 Å². The van der Waals surface area contributed by atoms with E-state index in [2.05, 4.69) is 47.7 Å². The predicted octanol–water partition coefficient (Wildman–Crippen LogP) is 2.74. The minimum absolute atomic E-state index is 0.804. The maximum Gasteiger partial charge on any atom is 0.193 e. The largest absolute Gasteiger partial charge is 0.357 e. The summed E-state index contributed by atoms with van der Waals surface area (Å²) in [5.74, 6) is 2.80. The Labute approximate surface area is 162 Å². The standard InChI is InChI=1S/C21H43N5/c1-5-22-21(26-12-9-20(18-26)17-19(3)4)23-10-7-8-11-25-15-13-24(6-2)14-16-25/h19-20H,5-18H2,1-4H3,(H,22,23). The van der Waals surface area contributed by atoms with Crippen LogP contribution < -0.4 is 5.32 Å². The van der Waals surface area contributed by atoms with Gasteiger partial charge in [0, 0.05) is 52.4 Å². The molecular weight excluding hydrogens is 322 g/mol. The van der Waals surface area contributed by atoms with Gasteiger partial charge in [-0.1, -0.05) is 20.8 Å². The average molecular weight is 366 g/mol. The number of nitrogens with one attached hydrogen (secondary N) is 1. The number of aliphatic imine (C=N–C) groups is 1. The molecule has 152 valence electrons. The van der Waals surface area contributed by atoms with E-state index in [-0.39, 0.29) is 0 Å². The second-order valence-electron chi connectivity index (χ2n) is 8.45. The molecule has 5 heteroatoms. The maximum absolute atomic E-state index is 4.92. The second kappa shape index (κ2) is 11.8. The van der Waals surface area contributed by atoms with E-state index in [9.17, 15) is 0 Å². The molecule has 1 unspecified atom stereocenters. The zero-order valence-corrected chi connectivity index (χ0v) is 17.8. The lowest BCUT2D eigenvalue weighted by atomic mass is 9.97. The molecule has 0 saturated carbocycles. The molecule has 0 spiro atoms. The number of rotatable bonds is 9. The van der Waals surface area contributed by atoms with Gasteiger partial charge in [0.25, 0.3) is 0 Å². The lowest BCUT2D eigenvalue weighted by molar-refractivity contribution is 0.136. The fourth-order valence-electron chi connectivity index (χ4n) is 4.27. The predicted molar refractivity (Wildman–Crippen MR) is 113 cm³/mol. The summed E-state index contributed by atoms with van der Waals surface area (Å²) in [5, 5.41) is 3.51. The third-order valence-corrected chi connectivity index (χ3v) is 5.78. The van der Waals surface area contributed by atoms with Gasteiger partial charge in [0.15, 0.2) is 5.96 Å². The van der Waals surface area contributed by atoms with E-state index in [1.165, 1.54) is 78.0 Å². The molecular formula is C21H43N5. The molecule has 0 aliphatic carbocycles. The van der Waals surface area contributed by atoms with Crippen LogP contribution in [0, 0.1) is 11.8 Å². The summed E-state index contributed by atoms with van der Waals surface area (Å²) >= 11 is 0. The molecule has 2 saturated heterocycles. The molecule has 1 N–H and O–H groups in total. The summed E-state index contributed by atoms with van der Waals surface area (Å²) in [6.07, 6.45) is 5.14. The molecule has 0 aromatic carbocycles. The van der Waals surface area contributed by atoms with Gasteiger partial charge in [-0.3, -0.25) is 4.99 Å². The summed E-state index contributed by atoms with van der Waals surface area (Å²) in [7, 11) is 0. The van der Waals surface area contributed by atoms with Crippen LogP contribution >= 0.6 is 0 Å². The van der Waals surface area contributed by atoms with Crippen LogP contribution in [0.2, 0.25) is 0 Å². The first-order valence-corrected chi connectivity index (χ1v) is 11.1. The van der Waals surface area contributed by atoms with Crippen molar-refractivity contribution in [2.24, 2.45) is 16.8 Å². The van der Waals surface area contributed by atoms with E-state index in [0.717, 1.165) is 30.9 Å². The molecule has 0 aromatic rings. The number of likely N-dealkylation sites (tertiary alicyclic amines) is 1. The van der Waals surface area contributed by atoms with Crippen molar-refractivity contribution in [2.45, 2.75) is 53.4 Å². The van der Waals surface area contributed by atoms with Gasteiger partial charge in [-0.25, -0.2) is 0 Å². The third kappa shape index (κ3) is 7.43. The smallest absolute Gasteiger partial charge is 0.193 e. The fraction of sp³-hybridized carbons (Fsp3) is 0.952. The molecule has 0 radical (unpaired) electrons. The average Bonchev–Trinajstić information content (AvgIpc) is 3.08. The van der Waals surface area contributed by atoms with Gasteiger partial charge in [-0.15, -0.1) is 0 Å². The Morgan fingerprint density at radius 1 is 1.04 bits per heavy atom. The highest BCUT2D eigenvalue weighted by atomic mass is 15.3. The molecule has 2 heterocycles.